The van der Waals surface area contributed by atoms with E-state index in [1.54, 1.807) is 5.38 Å². The summed E-state index contributed by atoms with van der Waals surface area (Å²) in [6.07, 6.45) is 1.98. The Morgan fingerprint density at radius 2 is 2.14 bits per heavy atom. The number of allylic oxidation sites excluding steroid dienone is 1. The van der Waals surface area contributed by atoms with E-state index < -0.39 is 5.97 Å². The minimum Gasteiger partial charge on any atom is -0.464 e. The van der Waals surface area contributed by atoms with Crippen LogP contribution in [0.3, 0.4) is 0 Å². The molecule has 1 amide bonds. The molecule has 8 heteroatoms. The highest BCUT2D eigenvalue weighted by atomic mass is 79.9. The van der Waals surface area contributed by atoms with Crippen molar-refractivity contribution in [1.29, 1.82) is 0 Å². The third-order valence-corrected chi connectivity index (χ3v) is 4.91. The number of aromatic nitrogens is 1. The van der Waals surface area contributed by atoms with E-state index >= 15 is 0 Å². The number of carbonyl (C=O) groups excluding carboxylic acids is 2. The fourth-order valence-corrected chi connectivity index (χ4v) is 3.59. The lowest BCUT2D eigenvalue weighted by atomic mass is 10.1. The molecule has 21 heavy (non-hydrogen) atoms. The van der Waals surface area contributed by atoms with E-state index in [-0.39, 0.29) is 28.9 Å². The van der Waals surface area contributed by atoms with Crippen LogP contribution in [-0.4, -0.2) is 24.0 Å². The Hall–Kier alpha value is -0.730. The predicted molar refractivity (Wildman–Crippen MR) is 88.8 cm³/mol. The van der Waals surface area contributed by atoms with Crippen LogP contribution in [0.4, 0.5) is 5.13 Å². The van der Waals surface area contributed by atoms with Gasteiger partial charge >= 0.3 is 5.97 Å². The van der Waals surface area contributed by atoms with Crippen molar-refractivity contribution in [2.24, 2.45) is 17.3 Å². The highest BCUT2D eigenvalue weighted by molar-refractivity contribution is 9.28. The number of methoxy groups -OCH3 is 1. The number of nitrogens with zero attached hydrogens (tertiary/aromatic N) is 1. The van der Waals surface area contributed by atoms with Gasteiger partial charge in [0.05, 0.1) is 16.4 Å². The predicted octanol–water partition coefficient (Wildman–Crippen LogP) is 3.77. The van der Waals surface area contributed by atoms with Gasteiger partial charge in [0.15, 0.2) is 10.8 Å². The normalized spacial score (nSPS) is 22.3. The molecule has 0 bridgehead atoms. The molecule has 1 aliphatic carbocycles. The van der Waals surface area contributed by atoms with Gasteiger partial charge in [-0.05, 0) is 43.2 Å². The molecule has 5 nitrogen and oxygen atoms in total. The molecule has 114 valence electrons. The number of halogens is 2. The lowest BCUT2D eigenvalue weighted by Gasteiger charge is -2.02. The van der Waals surface area contributed by atoms with Gasteiger partial charge in [0.25, 0.3) is 0 Å². The van der Waals surface area contributed by atoms with E-state index in [1.165, 1.54) is 18.4 Å². The average Bonchev–Trinajstić information content (AvgIpc) is 2.77. The van der Waals surface area contributed by atoms with Crippen LogP contribution < -0.4 is 5.32 Å². The molecule has 2 rings (SSSR count). The molecule has 1 N–H and O–H groups in total. The molecular formula is C13H14Br2N2O3S. The second kappa shape index (κ2) is 6.18. The monoisotopic (exact) mass is 436 g/mol. The summed E-state index contributed by atoms with van der Waals surface area (Å²) in [5.41, 5.74) is 0.103. The first-order valence-electron chi connectivity index (χ1n) is 6.15. The van der Waals surface area contributed by atoms with Crippen LogP contribution in [0.25, 0.3) is 0 Å². The average molecular weight is 438 g/mol. The van der Waals surface area contributed by atoms with Crippen molar-refractivity contribution in [1.82, 2.24) is 4.98 Å². The van der Waals surface area contributed by atoms with Crippen LogP contribution in [0.1, 0.15) is 24.3 Å². The van der Waals surface area contributed by atoms with Gasteiger partial charge in [0.2, 0.25) is 5.91 Å². The summed E-state index contributed by atoms with van der Waals surface area (Å²) >= 11 is 7.85. The molecule has 1 aromatic heterocycles. The fraction of sp³-hybridized carbons (Fsp3) is 0.462. The molecule has 1 heterocycles. The van der Waals surface area contributed by atoms with Crippen molar-refractivity contribution in [3.05, 3.63) is 20.5 Å². The maximum atomic E-state index is 12.3. The Morgan fingerprint density at radius 1 is 1.48 bits per heavy atom. The van der Waals surface area contributed by atoms with Gasteiger partial charge in [-0.15, -0.1) is 11.3 Å². The number of thiazole rings is 1. The van der Waals surface area contributed by atoms with Crippen molar-refractivity contribution in [2.45, 2.75) is 13.8 Å². The first-order valence-corrected chi connectivity index (χ1v) is 8.61. The Balaban J connectivity index is 2.04. The Morgan fingerprint density at radius 3 is 2.71 bits per heavy atom. The number of carbonyl (C=O) groups is 2. The Labute approximate surface area is 143 Å². The van der Waals surface area contributed by atoms with Crippen LogP contribution >= 0.6 is 43.2 Å². The number of ether oxygens (including phenoxy) is 1. The second-order valence-corrected chi connectivity index (χ2v) is 8.93. The van der Waals surface area contributed by atoms with Crippen molar-refractivity contribution in [3.8, 4) is 0 Å². The van der Waals surface area contributed by atoms with Crippen LogP contribution in [-0.2, 0) is 9.53 Å². The smallest absolute Gasteiger partial charge is 0.357 e. The largest absolute Gasteiger partial charge is 0.464 e. The van der Waals surface area contributed by atoms with Crippen LogP contribution in [0.2, 0.25) is 0 Å². The lowest BCUT2D eigenvalue weighted by Crippen LogP contribution is -2.17. The molecule has 0 radical (unpaired) electrons. The van der Waals surface area contributed by atoms with Gasteiger partial charge in [-0.25, -0.2) is 9.78 Å². The Bertz CT molecular complexity index is 608. The summed E-state index contributed by atoms with van der Waals surface area (Å²) in [4.78, 5) is 27.7. The number of rotatable bonds is 4. The zero-order valence-electron chi connectivity index (χ0n) is 11.6. The third kappa shape index (κ3) is 3.54. The number of hydrogen-bond donors (Lipinski definition) is 1. The van der Waals surface area contributed by atoms with Gasteiger partial charge in [-0.2, -0.15) is 0 Å². The second-order valence-electron chi connectivity index (χ2n) is 5.30. The summed E-state index contributed by atoms with van der Waals surface area (Å²) < 4.78 is 5.42. The highest BCUT2D eigenvalue weighted by Gasteiger charge is 2.60. The van der Waals surface area contributed by atoms with Crippen LogP contribution in [0, 0.1) is 17.3 Å². The van der Waals surface area contributed by atoms with Gasteiger partial charge in [0.1, 0.15) is 0 Å². The Kier molecular flexibility index (Phi) is 4.89. The SMILES string of the molecule is COC(=O)c1csc(NC(=O)C2C(C=C(Br)Br)C2(C)C)n1. The fourth-order valence-electron chi connectivity index (χ4n) is 2.34. The molecule has 0 aromatic carbocycles. The maximum absolute atomic E-state index is 12.3. The van der Waals surface area contributed by atoms with Crippen molar-refractivity contribution in [3.63, 3.8) is 0 Å². The lowest BCUT2D eigenvalue weighted by molar-refractivity contribution is -0.118. The van der Waals surface area contributed by atoms with Crippen molar-refractivity contribution < 1.29 is 14.3 Å². The van der Waals surface area contributed by atoms with E-state index in [0.717, 1.165) is 3.39 Å². The highest BCUT2D eigenvalue weighted by Crippen LogP contribution is 2.60. The molecule has 2 unspecified atom stereocenters. The quantitative estimate of drug-likeness (QED) is 0.728. The molecule has 0 spiro atoms. The third-order valence-electron chi connectivity index (χ3n) is 3.63. The maximum Gasteiger partial charge on any atom is 0.357 e. The molecule has 0 saturated heterocycles. The summed E-state index contributed by atoms with van der Waals surface area (Å²) in [5, 5.41) is 4.73. The van der Waals surface area contributed by atoms with Crippen LogP contribution in [0.15, 0.2) is 14.8 Å². The number of amides is 1. The molecule has 1 aromatic rings. The summed E-state index contributed by atoms with van der Waals surface area (Å²) in [7, 11) is 1.29. The number of hydrogen-bond acceptors (Lipinski definition) is 5. The van der Waals surface area contributed by atoms with Crippen molar-refractivity contribution >= 4 is 60.2 Å². The first-order chi connectivity index (χ1) is 9.77. The molecular weight excluding hydrogens is 424 g/mol. The van der Waals surface area contributed by atoms with Gasteiger partial charge in [0, 0.05) is 5.38 Å². The topological polar surface area (TPSA) is 68.3 Å². The van der Waals surface area contributed by atoms with Crippen LogP contribution in [0.5, 0.6) is 0 Å². The minimum absolute atomic E-state index is 0.0896. The zero-order valence-corrected chi connectivity index (χ0v) is 15.6. The van der Waals surface area contributed by atoms with E-state index in [4.69, 9.17) is 0 Å². The zero-order chi connectivity index (χ0) is 15.8. The first kappa shape index (κ1) is 16.6. The van der Waals surface area contributed by atoms with E-state index in [1.807, 2.05) is 19.9 Å². The molecule has 2 atom stereocenters. The van der Waals surface area contributed by atoms with E-state index in [2.05, 4.69) is 46.9 Å². The minimum atomic E-state index is -0.512. The van der Waals surface area contributed by atoms with Crippen molar-refractivity contribution in [2.75, 3.05) is 12.4 Å². The summed E-state index contributed by atoms with van der Waals surface area (Å²) in [5.74, 6) is -0.560. The molecule has 1 aliphatic rings. The number of anilines is 1. The van der Waals surface area contributed by atoms with E-state index in [9.17, 15) is 9.59 Å². The standard InChI is InChI=1S/C13H14Br2N2O3S/c1-13(2)6(4-8(14)15)9(13)10(18)17-12-16-7(5-21-12)11(19)20-3/h4-6,9H,1-3H3,(H,16,17,18). The summed E-state index contributed by atoms with van der Waals surface area (Å²) in [6, 6.07) is 0. The molecule has 0 aliphatic heterocycles. The summed E-state index contributed by atoms with van der Waals surface area (Å²) in [6.45, 7) is 4.09. The molecule has 1 saturated carbocycles. The van der Waals surface area contributed by atoms with Gasteiger partial charge in [-0.1, -0.05) is 19.9 Å². The van der Waals surface area contributed by atoms with Gasteiger partial charge in [-0.3, -0.25) is 4.79 Å². The number of nitrogens with one attached hydrogen (secondary N) is 1. The van der Waals surface area contributed by atoms with Gasteiger partial charge < -0.3 is 10.1 Å². The molecule has 1 fully saturated rings. The number of esters is 1. The van der Waals surface area contributed by atoms with E-state index in [0.29, 0.717) is 5.13 Å².